The molecule has 0 bridgehead atoms. The number of aldehydes is 1. The van der Waals surface area contributed by atoms with Gasteiger partial charge in [-0.2, -0.15) is 0 Å². The standard InChI is InChI=1S/C24H21ClN8O7S2/c1-9(23(38)39)40-31-16(15-18(25)42-24(27)30-15)20(36)29-17-21(37)33-14(7-34)11(8-41-22(17)33)6-32-3-2-12-10(5-32)4-13(28-12)19(26)35/h2-5,7,9,17,22H,6,8H2,1H3,(H6,26,27,29,30,35,36,38,39)/p+1/b31-16-/t9-,17+,22+/m0/s1. The number of pyridine rings is 1. The second-order valence-electron chi connectivity index (χ2n) is 9.20. The molecule has 7 N–H and O–H groups in total. The van der Waals surface area contributed by atoms with Crippen LogP contribution in [-0.2, 0) is 30.6 Å². The lowest BCUT2D eigenvalue weighted by atomic mass is 10.0. The van der Waals surface area contributed by atoms with Crippen LogP contribution in [0.15, 0.2) is 41.0 Å². The molecular formula is C24H22ClN8O7S2+. The number of aromatic amines is 1. The lowest BCUT2D eigenvalue weighted by Gasteiger charge is -2.49. The van der Waals surface area contributed by atoms with Gasteiger partial charge >= 0.3 is 5.97 Å². The molecule has 3 atom stereocenters. The molecule has 0 spiro atoms. The third-order valence-electron chi connectivity index (χ3n) is 6.44. The summed E-state index contributed by atoms with van der Waals surface area (Å²) < 4.78 is 1.83. The number of β-lactam (4-membered cyclic amide) rings is 1. The summed E-state index contributed by atoms with van der Waals surface area (Å²) >= 11 is 8.37. The maximum Gasteiger partial charge on any atom is 0.347 e. The predicted molar refractivity (Wildman–Crippen MR) is 151 cm³/mol. The van der Waals surface area contributed by atoms with Crippen molar-refractivity contribution in [3.63, 3.8) is 0 Å². The van der Waals surface area contributed by atoms with Crippen LogP contribution >= 0.6 is 34.7 Å². The summed E-state index contributed by atoms with van der Waals surface area (Å²) in [7, 11) is 0. The topological polar surface area (TPSA) is 227 Å². The van der Waals surface area contributed by atoms with E-state index in [1.54, 1.807) is 24.5 Å². The highest BCUT2D eigenvalue weighted by atomic mass is 35.5. The summed E-state index contributed by atoms with van der Waals surface area (Å²) in [5.41, 5.74) is 12.3. The Morgan fingerprint density at radius 3 is 2.86 bits per heavy atom. The number of aliphatic carboxylic acids is 1. The van der Waals surface area contributed by atoms with Gasteiger partial charge in [-0.1, -0.05) is 28.1 Å². The Labute approximate surface area is 249 Å². The third-order valence-corrected chi connectivity index (χ3v) is 8.86. The van der Waals surface area contributed by atoms with Crippen LogP contribution in [0.25, 0.3) is 10.9 Å². The van der Waals surface area contributed by atoms with Gasteiger partial charge in [0.25, 0.3) is 17.7 Å². The van der Waals surface area contributed by atoms with E-state index in [1.165, 1.54) is 23.6 Å². The first-order chi connectivity index (χ1) is 20.0. The minimum absolute atomic E-state index is 0.0126. The van der Waals surface area contributed by atoms with E-state index in [-0.39, 0.29) is 26.6 Å². The van der Waals surface area contributed by atoms with Crippen molar-refractivity contribution in [3.05, 3.63) is 51.5 Å². The zero-order valence-corrected chi connectivity index (χ0v) is 24.0. The number of nitrogens with one attached hydrogen (secondary N) is 2. The average molecular weight is 634 g/mol. The van der Waals surface area contributed by atoms with Crippen LogP contribution in [0, 0.1) is 0 Å². The SMILES string of the molecule is C[C@H](O/N=C(\C(=O)N[C@@H]1C(=O)N2C(C=O)=C(C[n+]3ccc4[nH]c(C(N)=O)cc4c3)CS[C@H]12)c1nc(N)sc1Cl)C(=O)O. The van der Waals surface area contributed by atoms with Crippen LogP contribution in [0.1, 0.15) is 23.1 Å². The minimum atomic E-state index is -1.39. The van der Waals surface area contributed by atoms with Crippen molar-refractivity contribution < 1.29 is 38.5 Å². The Bertz CT molecular complexity index is 1720. The van der Waals surface area contributed by atoms with Crippen LogP contribution in [0.2, 0.25) is 4.34 Å². The third kappa shape index (κ3) is 5.40. The van der Waals surface area contributed by atoms with Gasteiger partial charge in [-0.15, -0.1) is 11.8 Å². The molecule has 0 aromatic carbocycles. The predicted octanol–water partition coefficient (Wildman–Crippen LogP) is -0.00670. The van der Waals surface area contributed by atoms with E-state index in [4.69, 9.17) is 33.0 Å². The number of amides is 3. The second kappa shape index (κ2) is 11.4. The molecule has 218 valence electrons. The zero-order chi connectivity index (χ0) is 30.3. The maximum atomic E-state index is 13.2. The van der Waals surface area contributed by atoms with Crippen molar-refractivity contribution in [1.82, 2.24) is 20.2 Å². The number of hydrogen-bond acceptors (Lipinski definition) is 11. The van der Waals surface area contributed by atoms with Crippen molar-refractivity contribution in [1.29, 1.82) is 0 Å². The van der Waals surface area contributed by atoms with Crippen molar-refractivity contribution in [3.8, 4) is 0 Å². The normalized spacial score (nSPS) is 19.2. The number of anilines is 1. The maximum absolute atomic E-state index is 13.2. The number of carboxylic acids is 1. The number of halogens is 1. The van der Waals surface area contributed by atoms with E-state index < -0.39 is 46.9 Å². The van der Waals surface area contributed by atoms with E-state index in [0.29, 0.717) is 29.7 Å². The Balaban J connectivity index is 1.34. The highest BCUT2D eigenvalue weighted by Crippen LogP contribution is 2.39. The number of nitrogens with zero attached hydrogens (tertiary/aromatic N) is 4. The van der Waals surface area contributed by atoms with Gasteiger partial charge in [0.15, 0.2) is 36.1 Å². The fraction of sp³-hybridized carbons (Fsp3) is 0.250. The Morgan fingerprint density at radius 1 is 1.45 bits per heavy atom. The highest BCUT2D eigenvalue weighted by Gasteiger charge is 2.53. The van der Waals surface area contributed by atoms with E-state index in [2.05, 4.69) is 20.4 Å². The van der Waals surface area contributed by atoms with Crippen LogP contribution in [0.5, 0.6) is 0 Å². The smallest absolute Gasteiger partial charge is 0.347 e. The van der Waals surface area contributed by atoms with E-state index in [1.807, 2.05) is 4.57 Å². The first-order valence-electron chi connectivity index (χ1n) is 12.1. The number of carbonyl (C=O) groups is 5. The molecule has 1 saturated heterocycles. The van der Waals surface area contributed by atoms with Gasteiger partial charge < -0.3 is 31.7 Å². The number of thioether (sulfide) groups is 1. The number of carbonyl (C=O) groups excluding carboxylic acids is 4. The summed E-state index contributed by atoms with van der Waals surface area (Å²) in [4.78, 5) is 74.3. The van der Waals surface area contributed by atoms with E-state index in [9.17, 15) is 24.0 Å². The van der Waals surface area contributed by atoms with Crippen molar-refractivity contribution in [2.45, 2.75) is 31.0 Å². The molecule has 3 aromatic heterocycles. The summed E-state index contributed by atoms with van der Waals surface area (Å²) in [6, 6.07) is 2.37. The molecule has 2 aliphatic rings. The fourth-order valence-corrected chi connectivity index (χ4v) is 6.62. The van der Waals surface area contributed by atoms with Gasteiger partial charge in [-0.05, 0) is 13.0 Å². The second-order valence-corrected chi connectivity index (χ2v) is 11.9. The van der Waals surface area contributed by atoms with Gasteiger partial charge in [-0.3, -0.25) is 24.1 Å². The zero-order valence-electron chi connectivity index (χ0n) is 21.6. The summed E-state index contributed by atoms with van der Waals surface area (Å²) in [6.45, 7) is 1.50. The summed E-state index contributed by atoms with van der Waals surface area (Å²) in [6.07, 6.45) is 2.76. The number of nitrogen functional groups attached to an aromatic ring is 1. The number of allylic oxidation sites excluding steroid dienone is 1. The van der Waals surface area contributed by atoms with Crippen LogP contribution in [0.3, 0.4) is 0 Å². The van der Waals surface area contributed by atoms with Gasteiger partial charge in [0, 0.05) is 17.4 Å². The van der Waals surface area contributed by atoms with Crippen LogP contribution in [-0.4, -0.2) is 78.9 Å². The highest BCUT2D eigenvalue weighted by molar-refractivity contribution is 8.00. The molecule has 0 saturated carbocycles. The van der Waals surface area contributed by atoms with Crippen molar-refractivity contribution >= 4 is 86.4 Å². The number of hydrogen-bond donors (Lipinski definition) is 5. The Morgan fingerprint density at radius 2 is 2.21 bits per heavy atom. The number of rotatable bonds is 10. The molecule has 42 heavy (non-hydrogen) atoms. The monoisotopic (exact) mass is 633 g/mol. The van der Waals surface area contributed by atoms with Crippen LogP contribution in [0.4, 0.5) is 5.13 Å². The lowest BCUT2D eigenvalue weighted by Crippen LogP contribution is -2.70. The van der Waals surface area contributed by atoms with Crippen molar-refractivity contribution in [2.75, 3.05) is 11.5 Å². The molecule has 18 heteroatoms. The van der Waals surface area contributed by atoms with E-state index in [0.717, 1.165) is 16.7 Å². The summed E-state index contributed by atoms with van der Waals surface area (Å²) in [5, 5.41) is 15.5. The minimum Gasteiger partial charge on any atom is -0.478 e. The number of primary amides is 1. The van der Waals surface area contributed by atoms with Gasteiger partial charge in [0.2, 0.25) is 6.10 Å². The molecule has 5 rings (SSSR count). The molecule has 15 nitrogen and oxygen atoms in total. The molecule has 0 unspecified atom stereocenters. The van der Waals surface area contributed by atoms with Gasteiger partial charge in [0.05, 0.1) is 16.6 Å². The number of H-pyrrole nitrogens is 1. The number of aromatic nitrogens is 3. The molecular weight excluding hydrogens is 612 g/mol. The molecule has 0 radical (unpaired) electrons. The van der Waals surface area contributed by atoms with Crippen LogP contribution < -0.4 is 21.4 Å². The number of nitrogens with two attached hydrogens (primary N) is 2. The average Bonchev–Trinajstić information content (AvgIpc) is 3.53. The number of fused-ring (bicyclic) bond motifs is 2. The van der Waals surface area contributed by atoms with E-state index >= 15 is 0 Å². The fourth-order valence-electron chi connectivity index (χ4n) is 4.34. The summed E-state index contributed by atoms with van der Waals surface area (Å²) in [5.74, 6) is -2.95. The molecule has 1 fully saturated rings. The number of thiazole rings is 1. The number of oxime groups is 1. The molecule has 2 aliphatic heterocycles. The Kier molecular flexibility index (Phi) is 7.89. The quantitative estimate of drug-likeness (QED) is 0.0659. The largest absolute Gasteiger partial charge is 0.478 e. The molecule has 0 aliphatic carbocycles. The molecule has 3 aromatic rings. The van der Waals surface area contributed by atoms with Gasteiger partial charge in [-0.25, -0.2) is 14.3 Å². The first-order valence-corrected chi connectivity index (χ1v) is 14.4. The lowest BCUT2D eigenvalue weighted by molar-refractivity contribution is -0.687. The first kappa shape index (κ1) is 29.0. The number of carboxylic acid groups (broad SMARTS) is 1. The molecule has 5 heterocycles. The molecule has 3 amide bonds. The Hall–Kier alpha value is -4.48. The van der Waals surface area contributed by atoms with Gasteiger partial charge in [0.1, 0.15) is 27.1 Å². The van der Waals surface area contributed by atoms with Crippen molar-refractivity contribution in [2.24, 2.45) is 10.9 Å².